The second-order valence-corrected chi connectivity index (χ2v) is 2.08. The van der Waals surface area contributed by atoms with Crippen molar-refractivity contribution in [3.8, 4) is 0 Å². The molecule has 0 aliphatic carbocycles. The first-order valence-corrected chi connectivity index (χ1v) is 3.21. The summed E-state index contributed by atoms with van der Waals surface area (Å²) in [6.45, 7) is 0.0266. The molecule has 0 spiro atoms. The van der Waals surface area contributed by atoms with E-state index in [4.69, 9.17) is 10.00 Å². The molecule has 2 N–H and O–H groups in total. The summed E-state index contributed by atoms with van der Waals surface area (Å²) in [6, 6.07) is 0. The van der Waals surface area contributed by atoms with E-state index in [9.17, 15) is 0 Å². The molecule has 50 valence electrons. The van der Waals surface area contributed by atoms with Gasteiger partial charge in [0.1, 0.15) is 0 Å². The largest absolute Gasteiger partial charge is 0.394 e. The zero-order chi connectivity index (χ0) is 6.41. The highest BCUT2D eigenvalue weighted by atomic mass is 31.2. The van der Waals surface area contributed by atoms with Gasteiger partial charge in [0.05, 0.1) is 13.2 Å². The van der Waals surface area contributed by atoms with E-state index in [-0.39, 0.29) is 13.2 Å². The van der Waals surface area contributed by atoms with Crippen molar-refractivity contribution < 1.29 is 19.0 Å². The Kier molecular flexibility index (Phi) is 5.59. The number of rotatable bonds is 4. The minimum atomic E-state index is -1.74. The van der Waals surface area contributed by atoms with Crippen molar-refractivity contribution in [3.05, 3.63) is 0 Å². The zero-order valence-electron chi connectivity index (χ0n) is 4.57. The van der Waals surface area contributed by atoms with Crippen molar-refractivity contribution in [2.24, 2.45) is 0 Å². The Labute approximate surface area is 49.0 Å². The summed E-state index contributed by atoms with van der Waals surface area (Å²) < 4.78 is 8.83. The van der Waals surface area contributed by atoms with Gasteiger partial charge in [0.25, 0.3) is 0 Å². The predicted molar refractivity (Wildman–Crippen MR) is 29.2 cm³/mol. The van der Waals surface area contributed by atoms with Crippen LogP contribution in [0, 0.1) is 0 Å². The lowest BCUT2D eigenvalue weighted by Crippen LogP contribution is -1.94. The van der Waals surface area contributed by atoms with E-state index in [1.807, 2.05) is 0 Å². The maximum atomic E-state index is 8.50. The minimum Gasteiger partial charge on any atom is -0.394 e. The second kappa shape index (κ2) is 5.41. The third-order valence-electron chi connectivity index (χ3n) is 0.449. The van der Waals surface area contributed by atoms with Gasteiger partial charge in [0.2, 0.25) is 0 Å². The third kappa shape index (κ3) is 4.43. The van der Waals surface area contributed by atoms with E-state index in [0.29, 0.717) is 0 Å². The van der Waals surface area contributed by atoms with Crippen LogP contribution in [0.5, 0.6) is 0 Å². The highest BCUT2D eigenvalue weighted by molar-refractivity contribution is 7.40. The normalized spacial score (nSPS) is 13.9. The number of aliphatic hydroxyl groups is 1. The molecular weight excluding hydrogens is 131 g/mol. The Hall–Kier alpha value is 0.270. The van der Waals surface area contributed by atoms with Gasteiger partial charge >= 0.3 is 8.60 Å². The van der Waals surface area contributed by atoms with Crippen molar-refractivity contribution >= 4 is 8.60 Å². The number of aliphatic hydroxyl groups excluding tert-OH is 1. The van der Waals surface area contributed by atoms with E-state index < -0.39 is 8.60 Å². The van der Waals surface area contributed by atoms with Crippen molar-refractivity contribution in [2.75, 3.05) is 20.3 Å². The molecule has 0 aliphatic heterocycles. The van der Waals surface area contributed by atoms with Crippen LogP contribution in [0.4, 0.5) is 0 Å². The van der Waals surface area contributed by atoms with Crippen LogP contribution >= 0.6 is 8.60 Å². The molecule has 0 bridgehead atoms. The van der Waals surface area contributed by atoms with Crippen LogP contribution in [0.2, 0.25) is 0 Å². The van der Waals surface area contributed by atoms with Crippen molar-refractivity contribution in [3.63, 3.8) is 0 Å². The number of hydrogen-bond acceptors (Lipinski definition) is 4. The molecule has 0 aromatic carbocycles. The topological polar surface area (TPSA) is 58.9 Å². The Balaban J connectivity index is 2.86. The lowest BCUT2D eigenvalue weighted by Gasteiger charge is -2.03. The molecule has 0 heterocycles. The molecule has 0 fully saturated rings. The lowest BCUT2D eigenvalue weighted by molar-refractivity contribution is 0.171. The van der Waals surface area contributed by atoms with Crippen molar-refractivity contribution in [1.82, 2.24) is 0 Å². The highest BCUT2D eigenvalue weighted by Gasteiger charge is 1.99. The SMILES string of the molecule is COP(O)OCCO. The molecule has 0 radical (unpaired) electrons. The van der Waals surface area contributed by atoms with Gasteiger partial charge in [-0.05, 0) is 0 Å². The van der Waals surface area contributed by atoms with E-state index in [1.54, 1.807) is 0 Å². The molecule has 0 aromatic heterocycles. The Morgan fingerprint density at radius 2 is 2.25 bits per heavy atom. The van der Waals surface area contributed by atoms with E-state index >= 15 is 0 Å². The molecule has 0 saturated heterocycles. The van der Waals surface area contributed by atoms with Gasteiger partial charge in [0, 0.05) is 7.11 Å². The fourth-order valence-corrected chi connectivity index (χ4v) is 0.515. The molecular formula is C3H9O4P. The lowest BCUT2D eigenvalue weighted by atomic mass is 10.8. The molecule has 5 heteroatoms. The number of hydrogen-bond donors (Lipinski definition) is 2. The van der Waals surface area contributed by atoms with Gasteiger partial charge in [-0.25, -0.2) is 0 Å². The smallest absolute Gasteiger partial charge is 0.329 e. The van der Waals surface area contributed by atoms with Crippen molar-refractivity contribution in [2.45, 2.75) is 0 Å². The second-order valence-electron chi connectivity index (χ2n) is 0.977. The molecule has 0 aliphatic rings. The monoisotopic (exact) mass is 140 g/mol. The average Bonchev–Trinajstić information content (AvgIpc) is 1.83. The zero-order valence-corrected chi connectivity index (χ0v) is 5.47. The van der Waals surface area contributed by atoms with Crippen LogP contribution in [-0.4, -0.2) is 30.3 Å². The maximum absolute atomic E-state index is 8.50. The summed E-state index contributed by atoms with van der Waals surface area (Å²) >= 11 is 0. The van der Waals surface area contributed by atoms with Gasteiger partial charge in [-0.15, -0.1) is 0 Å². The molecule has 0 amide bonds. The predicted octanol–water partition coefficient (Wildman–Crippen LogP) is -0.139. The van der Waals surface area contributed by atoms with Crippen LogP contribution in [-0.2, 0) is 9.05 Å². The highest BCUT2D eigenvalue weighted by Crippen LogP contribution is 2.30. The maximum Gasteiger partial charge on any atom is 0.329 e. The molecule has 4 nitrogen and oxygen atoms in total. The van der Waals surface area contributed by atoms with Gasteiger partial charge in [-0.1, -0.05) is 0 Å². The molecule has 1 atom stereocenters. The van der Waals surface area contributed by atoms with Crippen LogP contribution in [0.25, 0.3) is 0 Å². The quantitative estimate of drug-likeness (QED) is 0.533. The third-order valence-corrected chi connectivity index (χ3v) is 1.17. The molecule has 0 aromatic rings. The van der Waals surface area contributed by atoms with Crippen LogP contribution < -0.4 is 0 Å². The van der Waals surface area contributed by atoms with E-state index in [2.05, 4.69) is 9.05 Å². The Morgan fingerprint density at radius 1 is 1.62 bits per heavy atom. The Bertz CT molecular complexity index is 50.5. The summed E-state index contributed by atoms with van der Waals surface area (Å²) in [6.07, 6.45) is 0. The van der Waals surface area contributed by atoms with Gasteiger partial charge < -0.3 is 19.0 Å². The standard InChI is InChI=1S/C3H9O4P/c1-6-8(5)7-3-2-4/h4-5H,2-3H2,1H3. The molecule has 0 rings (SSSR count). The van der Waals surface area contributed by atoms with Gasteiger partial charge in [0.15, 0.2) is 0 Å². The summed E-state index contributed by atoms with van der Waals surface area (Å²) in [5.74, 6) is 0. The van der Waals surface area contributed by atoms with Gasteiger partial charge in [-0.3, -0.25) is 0 Å². The summed E-state index contributed by atoms with van der Waals surface area (Å²) in [4.78, 5) is 8.50. The first-order chi connectivity index (χ1) is 3.81. The molecule has 8 heavy (non-hydrogen) atoms. The van der Waals surface area contributed by atoms with Crippen molar-refractivity contribution in [1.29, 1.82) is 0 Å². The fourth-order valence-electron chi connectivity index (χ4n) is 0.172. The van der Waals surface area contributed by atoms with Gasteiger partial charge in [-0.2, -0.15) is 0 Å². The van der Waals surface area contributed by atoms with Crippen LogP contribution in [0.15, 0.2) is 0 Å². The summed E-state index contributed by atoms with van der Waals surface area (Å²) in [5, 5.41) is 8.13. The first-order valence-electron chi connectivity index (χ1n) is 2.08. The summed E-state index contributed by atoms with van der Waals surface area (Å²) in [5.41, 5.74) is 0. The minimum absolute atomic E-state index is 0.0945. The van der Waals surface area contributed by atoms with E-state index in [1.165, 1.54) is 7.11 Å². The molecule has 1 unspecified atom stereocenters. The molecule has 0 saturated carbocycles. The fraction of sp³-hybridized carbons (Fsp3) is 1.00. The first kappa shape index (κ1) is 8.27. The van der Waals surface area contributed by atoms with Crippen LogP contribution in [0.1, 0.15) is 0 Å². The average molecular weight is 140 g/mol. The Morgan fingerprint density at radius 3 is 2.62 bits per heavy atom. The van der Waals surface area contributed by atoms with E-state index in [0.717, 1.165) is 0 Å². The summed E-state index contributed by atoms with van der Waals surface area (Å²) in [7, 11) is -0.408. The van der Waals surface area contributed by atoms with Crippen LogP contribution in [0.3, 0.4) is 0 Å².